The summed E-state index contributed by atoms with van der Waals surface area (Å²) in [5.74, 6) is 0.565. The molecule has 1 aromatic rings. The summed E-state index contributed by atoms with van der Waals surface area (Å²) in [7, 11) is 0. The van der Waals surface area contributed by atoms with Crippen LogP contribution in [0.2, 0.25) is 0 Å². The Hall–Kier alpha value is -1.16. The van der Waals surface area contributed by atoms with Crippen LogP contribution in [0.3, 0.4) is 0 Å². The van der Waals surface area contributed by atoms with Crippen molar-refractivity contribution < 1.29 is 4.84 Å². The van der Waals surface area contributed by atoms with Crippen molar-refractivity contribution in [3.8, 4) is 5.88 Å². The molecule has 0 N–H and O–H groups in total. The average molecular weight is 235 g/mol. The summed E-state index contributed by atoms with van der Waals surface area (Å²) in [6, 6.07) is 3.68. The molecule has 2 rings (SSSR count). The van der Waals surface area contributed by atoms with Crippen molar-refractivity contribution in [2.24, 2.45) is 0 Å². The van der Waals surface area contributed by atoms with Crippen LogP contribution in [0.4, 0.5) is 0 Å². The van der Waals surface area contributed by atoms with Crippen LogP contribution in [0.15, 0.2) is 18.3 Å². The number of piperidine rings is 1. The Morgan fingerprint density at radius 1 is 1.18 bits per heavy atom. The van der Waals surface area contributed by atoms with Gasteiger partial charge in [0.25, 0.3) is 5.88 Å². The van der Waals surface area contributed by atoms with Crippen LogP contribution in [-0.4, -0.2) is 26.3 Å². The largest absolute Gasteiger partial charge is 0.383 e. The van der Waals surface area contributed by atoms with E-state index in [1.54, 1.807) is 6.20 Å². The summed E-state index contributed by atoms with van der Waals surface area (Å²) in [6.45, 7) is 8.85. The minimum atomic E-state index is 0.0271. The number of hydroxylamine groups is 2. The molecule has 0 bridgehead atoms. The third-order valence-corrected chi connectivity index (χ3v) is 3.41. The lowest BCUT2D eigenvalue weighted by Crippen LogP contribution is -2.60. The second-order valence-electron chi connectivity index (χ2n) is 5.93. The SMILES string of the molecule is CC1(C)CCCC(C)(C)N1Oc1cccnn1. The third kappa shape index (κ3) is 2.57. The molecule has 0 saturated carbocycles. The molecule has 1 aromatic heterocycles. The van der Waals surface area contributed by atoms with E-state index in [0.717, 1.165) is 12.8 Å². The van der Waals surface area contributed by atoms with Crippen LogP contribution in [0, 0.1) is 0 Å². The molecule has 1 aliphatic rings. The molecule has 0 spiro atoms. The van der Waals surface area contributed by atoms with Crippen molar-refractivity contribution in [3.05, 3.63) is 18.3 Å². The minimum Gasteiger partial charge on any atom is -0.383 e. The van der Waals surface area contributed by atoms with Crippen LogP contribution in [-0.2, 0) is 0 Å². The standard InChI is InChI=1S/C13H21N3O/c1-12(2)8-6-9-13(3,4)16(12)17-11-7-5-10-14-15-11/h5,7,10H,6,8-9H2,1-4H3. The van der Waals surface area contributed by atoms with Crippen molar-refractivity contribution >= 4 is 0 Å². The maximum atomic E-state index is 5.95. The van der Waals surface area contributed by atoms with Gasteiger partial charge in [-0.1, -0.05) is 0 Å². The van der Waals surface area contributed by atoms with Crippen molar-refractivity contribution in [2.75, 3.05) is 0 Å². The van der Waals surface area contributed by atoms with Gasteiger partial charge in [-0.15, -0.1) is 10.2 Å². The predicted molar refractivity (Wildman–Crippen MR) is 66.5 cm³/mol. The maximum absolute atomic E-state index is 5.95. The minimum absolute atomic E-state index is 0.0271. The first-order chi connectivity index (χ1) is 7.92. The monoisotopic (exact) mass is 235 g/mol. The molecule has 2 heterocycles. The van der Waals surface area contributed by atoms with E-state index in [4.69, 9.17) is 4.84 Å². The van der Waals surface area contributed by atoms with E-state index in [2.05, 4.69) is 43.0 Å². The highest BCUT2D eigenvalue weighted by Gasteiger charge is 2.43. The average Bonchev–Trinajstić information content (AvgIpc) is 2.25. The highest BCUT2D eigenvalue weighted by molar-refractivity contribution is 5.06. The van der Waals surface area contributed by atoms with Gasteiger partial charge < -0.3 is 4.84 Å². The van der Waals surface area contributed by atoms with Crippen LogP contribution in [0.1, 0.15) is 47.0 Å². The Morgan fingerprint density at radius 2 is 1.82 bits per heavy atom. The van der Waals surface area contributed by atoms with Crippen molar-refractivity contribution in [1.82, 2.24) is 15.3 Å². The summed E-state index contributed by atoms with van der Waals surface area (Å²) < 4.78 is 0. The summed E-state index contributed by atoms with van der Waals surface area (Å²) >= 11 is 0. The molecule has 1 fully saturated rings. The molecule has 1 saturated heterocycles. The van der Waals surface area contributed by atoms with Gasteiger partial charge in [-0.3, -0.25) is 0 Å². The third-order valence-electron chi connectivity index (χ3n) is 3.41. The Kier molecular flexibility index (Phi) is 3.08. The number of nitrogens with zero attached hydrogens (tertiary/aromatic N) is 3. The first-order valence-corrected chi connectivity index (χ1v) is 6.18. The first-order valence-electron chi connectivity index (χ1n) is 6.18. The highest BCUT2D eigenvalue weighted by Crippen LogP contribution is 2.38. The lowest BCUT2D eigenvalue weighted by molar-refractivity contribution is -0.219. The van der Waals surface area contributed by atoms with Gasteiger partial charge in [0.2, 0.25) is 0 Å². The molecular formula is C13H21N3O. The molecular weight excluding hydrogens is 214 g/mol. The zero-order valence-electron chi connectivity index (χ0n) is 11.1. The van der Waals surface area contributed by atoms with Crippen LogP contribution >= 0.6 is 0 Å². The Morgan fingerprint density at radius 3 is 2.35 bits per heavy atom. The molecule has 17 heavy (non-hydrogen) atoms. The van der Waals surface area contributed by atoms with Gasteiger partial charge >= 0.3 is 0 Å². The van der Waals surface area contributed by atoms with Crippen molar-refractivity contribution in [1.29, 1.82) is 0 Å². The zero-order chi connectivity index (χ0) is 12.5. The topological polar surface area (TPSA) is 38.2 Å². The van der Waals surface area contributed by atoms with E-state index in [1.165, 1.54) is 6.42 Å². The number of hydrogen-bond donors (Lipinski definition) is 0. The summed E-state index contributed by atoms with van der Waals surface area (Å²) in [5, 5.41) is 9.91. The number of rotatable bonds is 2. The maximum Gasteiger partial charge on any atom is 0.257 e. The fraction of sp³-hybridized carbons (Fsp3) is 0.692. The van der Waals surface area contributed by atoms with E-state index >= 15 is 0 Å². The molecule has 4 heteroatoms. The quantitative estimate of drug-likeness (QED) is 0.790. The van der Waals surface area contributed by atoms with Crippen molar-refractivity contribution in [2.45, 2.75) is 58.0 Å². The van der Waals surface area contributed by atoms with Gasteiger partial charge in [0.1, 0.15) is 0 Å². The zero-order valence-corrected chi connectivity index (χ0v) is 11.1. The summed E-state index contributed by atoms with van der Waals surface area (Å²) in [6.07, 6.45) is 5.16. The van der Waals surface area contributed by atoms with Gasteiger partial charge in [-0.25, -0.2) is 0 Å². The molecule has 0 aliphatic carbocycles. The highest BCUT2D eigenvalue weighted by atomic mass is 16.7. The van der Waals surface area contributed by atoms with Gasteiger partial charge in [0, 0.05) is 12.3 Å². The van der Waals surface area contributed by atoms with Gasteiger partial charge in [0.05, 0.1) is 11.1 Å². The molecule has 0 atom stereocenters. The smallest absolute Gasteiger partial charge is 0.257 e. The first kappa shape index (κ1) is 12.3. The van der Waals surface area contributed by atoms with Crippen molar-refractivity contribution in [3.63, 3.8) is 0 Å². The number of hydrogen-bond acceptors (Lipinski definition) is 4. The Bertz CT molecular complexity index is 360. The second kappa shape index (κ2) is 4.26. The van der Waals surface area contributed by atoms with Crippen LogP contribution < -0.4 is 4.84 Å². The fourth-order valence-electron chi connectivity index (χ4n) is 2.65. The molecule has 4 nitrogen and oxygen atoms in total. The lowest BCUT2D eigenvalue weighted by atomic mass is 9.82. The van der Waals surface area contributed by atoms with E-state index in [0.29, 0.717) is 5.88 Å². The molecule has 0 aromatic carbocycles. The Balaban J connectivity index is 2.21. The molecule has 94 valence electrons. The van der Waals surface area contributed by atoms with Gasteiger partial charge in [-0.05, 0) is 53.0 Å². The van der Waals surface area contributed by atoms with E-state index in [9.17, 15) is 0 Å². The molecule has 0 amide bonds. The number of aromatic nitrogens is 2. The second-order valence-corrected chi connectivity index (χ2v) is 5.93. The summed E-state index contributed by atoms with van der Waals surface area (Å²) in [5.41, 5.74) is 0.0541. The Labute approximate surface area is 103 Å². The molecule has 0 unspecified atom stereocenters. The van der Waals surface area contributed by atoms with E-state index in [1.807, 2.05) is 12.1 Å². The lowest BCUT2D eigenvalue weighted by Gasteiger charge is -2.50. The fourth-order valence-corrected chi connectivity index (χ4v) is 2.65. The van der Waals surface area contributed by atoms with E-state index < -0.39 is 0 Å². The molecule has 0 radical (unpaired) electrons. The predicted octanol–water partition coefficient (Wildman–Crippen LogP) is 2.81. The van der Waals surface area contributed by atoms with Crippen LogP contribution in [0.25, 0.3) is 0 Å². The van der Waals surface area contributed by atoms with Gasteiger partial charge in [0.15, 0.2) is 0 Å². The van der Waals surface area contributed by atoms with Gasteiger partial charge in [-0.2, -0.15) is 5.10 Å². The van der Waals surface area contributed by atoms with E-state index in [-0.39, 0.29) is 11.1 Å². The van der Waals surface area contributed by atoms with Crippen LogP contribution in [0.5, 0.6) is 5.88 Å². The molecule has 1 aliphatic heterocycles. The summed E-state index contributed by atoms with van der Waals surface area (Å²) in [4.78, 5) is 5.95. The normalized spacial score (nSPS) is 23.3.